The lowest BCUT2D eigenvalue weighted by Crippen LogP contribution is -2.06. The van der Waals surface area contributed by atoms with E-state index in [0.29, 0.717) is 6.42 Å². The fourth-order valence-corrected chi connectivity index (χ4v) is 1.87. The number of nitrogens with zero attached hydrogens (tertiary/aromatic N) is 1. The third-order valence-electron chi connectivity index (χ3n) is 2.63. The summed E-state index contributed by atoms with van der Waals surface area (Å²) < 4.78 is 0. The van der Waals surface area contributed by atoms with Gasteiger partial charge in [0.25, 0.3) is 0 Å². The Morgan fingerprint density at radius 3 is 2.71 bits per heavy atom. The molecule has 3 rings (SSSR count). The van der Waals surface area contributed by atoms with Gasteiger partial charge in [-0.05, 0) is 18.2 Å². The number of hydrogen-bond donors (Lipinski definition) is 0. The molecule has 1 aromatic carbocycles. The summed E-state index contributed by atoms with van der Waals surface area (Å²) in [4.78, 5) is 16.1. The van der Waals surface area contributed by atoms with Gasteiger partial charge in [-0.15, -0.1) is 24.8 Å². The van der Waals surface area contributed by atoms with Gasteiger partial charge in [0.05, 0.1) is 11.2 Å². The Bertz CT molecular complexity index is 593. The predicted octanol–water partition coefficient (Wildman–Crippen LogP) is 3.68. The van der Waals surface area contributed by atoms with Crippen molar-refractivity contribution in [3.8, 4) is 0 Å². The first kappa shape index (κ1) is 13.7. The molecule has 0 bridgehead atoms. The summed E-state index contributed by atoms with van der Waals surface area (Å²) >= 11 is 0. The number of benzene rings is 1. The maximum Gasteiger partial charge on any atom is 0.168 e. The van der Waals surface area contributed by atoms with Crippen molar-refractivity contribution >= 4 is 47.6 Å². The van der Waals surface area contributed by atoms with Gasteiger partial charge in [0.2, 0.25) is 0 Å². The molecule has 0 unspecified atom stereocenters. The zero-order chi connectivity index (χ0) is 10.3. The summed E-state index contributed by atoms with van der Waals surface area (Å²) in [6.07, 6.45) is 4.28. The second-order valence-electron chi connectivity index (χ2n) is 3.64. The smallest absolute Gasteiger partial charge is 0.168 e. The molecule has 1 aliphatic carbocycles. The lowest BCUT2D eigenvalue weighted by Gasteiger charge is -2.09. The Hall–Kier alpha value is -1.38. The molecule has 0 saturated heterocycles. The van der Waals surface area contributed by atoms with E-state index in [9.17, 15) is 4.79 Å². The number of pyridine rings is 1. The average Bonchev–Trinajstić information content (AvgIpc) is 2.27. The van der Waals surface area contributed by atoms with Crippen LogP contribution in [-0.2, 0) is 0 Å². The number of aromatic nitrogens is 1. The van der Waals surface area contributed by atoms with Crippen LogP contribution >= 0.6 is 24.8 Å². The van der Waals surface area contributed by atoms with Crippen molar-refractivity contribution in [2.45, 2.75) is 6.42 Å². The molecule has 0 spiro atoms. The summed E-state index contributed by atoms with van der Waals surface area (Å²) in [5, 5.41) is 1.03. The fraction of sp³-hybridized carbons (Fsp3) is 0.0769. The van der Waals surface area contributed by atoms with Crippen LogP contribution in [0.15, 0.2) is 36.4 Å². The lowest BCUT2D eigenvalue weighted by atomic mass is 9.99. The first-order valence-corrected chi connectivity index (χ1v) is 4.94. The van der Waals surface area contributed by atoms with Crippen molar-refractivity contribution in [3.05, 3.63) is 47.7 Å². The van der Waals surface area contributed by atoms with Crippen LogP contribution in [0.4, 0.5) is 0 Å². The normalized spacial score (nSPS) is 12.6. The number of fused-ring (bicyclic) bond motifs is 2. The van der Waals surface area contributed by atoms with E-state index >= 15 is 0 Å². The predicted molar refractivity (Wildman–Crippen MR) is 74.2 cm³/mol. The molecule has 0 atom stereocenters. The van der Waals surface area contributed by atoms with Crippen LogP contribution < -0.4 is 0 Å². The SMILES string of the molecule is Cl.Cl.O=C1CC=Cc2nc3ccccc3cc21. The van der Waals surface area contributed by atoms with Crippen LogP contribution in [-0.4, -0.2) is 10.8 Å². The number of carbonyl (C=O) groups excluding carboxylic acids is 1. The molecule has 0 radical (unpaired) electrons. The van der Waals surface area contributed by atoms with E-state index in [4.69, 9.17) is 0 Å². The highest BCUT2D eigenvalue weighted by atomic mass is 35.5. The number of rotatable bonds is 0. The fourth-order valence-electron chi connectivity index (χ4n) is 1.87. The van der Waals surface area contributed by atoms with Crippen molar-refractivity contribution in [1.82, 2.24) is 4.98 Å². The molecule has 2 aromatic rings. The van der Waals surface area contributed by atoms with Crippen molar-refractivity contribution in [2.75, 3.05) is 0 Å². The number of halogens is 2. The molecule has 0 aliphatic heterocycles. The van der Waals surface area contributed by atoms with Crippen LogP contribution in [0.5, 0.6) is 0 Å². The zero-order valence-corrected chi connectivity index (χ0v) is 10.6. The molecule has 1 aliphatic rings. The van der Waals surface area contributed by atoms with Crippen LogP contribution in [0.1, 0.15) is 22.5 Å². The third kappa shape index (κ3) is 2.33. The number of para-hydroxylation sites is 1. The molecule has 17 heavy (non-hydrogen) atoms. The van der Waals surface area contributed by atoms with E-state index in [0.717, 1.165) is 22.2 Å². The van der Waals surface area contributed by atoms with E-state index in [1.54, 1.807) is 0 Å². The summed E-state index contributed by atoms with van der Waals surface area (Å²) in [5.74, 6) is 0.158. The maximum absolute atomic E-state index is 11.6. The van der Waals surface area contributed by atoms with E-state index in [2.05, 4.69) is 4.98 Å². The van der Waals surface area contributed by atoms with Crippen LogP contribution in [0.3, 0.4) is 0 Å². The Labute approximate surface area is 112 Å². The van der Waals surface area contributed by atoms with Crippen LogP contribution in [0.25, 0.3) is 17.0 Å². The quantitative estimate of drug-likeness (QED) is 0.729. The topological polar surface area (TPSA) is 30.0 Å². The summed E-state index contributed by atoms with van der Waals surface area (Å²) in [6.45, 7) is 0. The Morgan fingerprint density at radius 1 is 1.12 bits per heavy atom. The molecular formula is C13H11Cl2NO. The minimum atomic E-state index is 0. The first-order chi connectivity index (χ1) is 7.34. The highest BCUT2D eigenvalue weighted by molar-refractivity contribution is 6.04. The van der Waals surface area contributed by atoms with E-state index in [-0.39, 0.29) is 30.6 Å². The summed E-state index contributed by atoms with van der Waals surface area (Å²) in [5.41, 5.74) is 2.48. The van der Waals surface area contributed by atoms with Crippen LogP contribution in [0, 0.1) is 0 Å². The molecule has 1 aromatic heterocycles. The minimum absolute atomic E-state index is 0. The molecule has 1 heterocycles. The molecule has 0 saturated carbocycles. The zero-order valence-electron chi connectivity index (χ0n) is 8.92. The van der Waals surface area contributed by atoms with Gasteiger partial charge in [0, 0.05) is 17.4 Å². The number of carbonyl (C=O) groups is 1. The standard InChI is InChI=1S/C13H9NO.2ClH/c15-13-7-3-6-12-10(13)8-9-4-1-2-5-11(9)14-12;;/h1-6,8H,7H2;2*1H. The van der Waals surface area contributed by atoms with Gasteiger partial charge in [-0.1, -0.05) is 24.3 Å². The molecule has 0 N–H and O–H groups in total. The molecule has 0 amide bonds. The van der Waals surface area contributed by atoms with E-state index < -0.39 is 0 Å². The molecule has 4 heteroatoms. The van der Waals surface area contributed by atoms with Crippen molar-refractivity contribution in [2.24, 2.45) is 0 Å². The van der Waals surface area contributed by atoms with Gasteiger partial charge in [0.1, 0.15) is 0 Å². The van der Waals surface area contributed by atoms with Gasteiger partial charge < -0.3 is 0 Å². The molecular weight excluding hydrogens is 257 g/mol. The minimum Gasteiger partial charge on any atom is -0.294 e. The molecule has 0 fully saturated rings. The second kappa shape index (κ2) is 5.30. The van der Waals surface area contributed by atoms with E-state index in [1.165, 1.54) is 0 Å². The largest absolute Gasteiger partial charge is 0.294 e. The summed E-state index contributed by atoms with van der Waals surface area (Å²) in [7, 11) is 0. The van der Waals surface area contributed by atoms with E-state index in [1.807, 2.05) is 42.5 Å². The highest BCUT2D eigenvalue weighted by Crippen LogP contribution is 2.22. The van der Waals surface area contributed by atoms with Gasteiger partial charge in [-0.2, -0.15) is 0 Å². The number of allylic oxidation sites excluding steroid dienone is 1. The lowest BCUT2D eigenvalue weighted by molar-refractivity contribution is 0.0994. The number of Topliss-reactive ketones (excluding diaryl/α,β-unsaturated/α-hetero) is 1. The van der Waals surface area contributed by atoms with Crippen molar-refractivity contribution < 1.29 is 4.79 Å². The van der Waals surface area contributed by atoms with Crippen molar-refractivity contribution in [1.29, 1.82) is 0 Å². The van der Waals surface area contributed by atoms with Crippen LogP contribution in [0.2, 0.25) is 0 Å². The Morgan fingerprint density at radius 2 is 1.88 bits per heavy atom. The highest BCUT2D eigenvalue weighted by Gasteiger charge is 2.14. The Balaban J connectivity index is 0.000000722. The number of hydrogen-bond acceptors (Lipinski definition) is 2. The molecule has 88 valence electrons. The van der Waals surface area contributed by atoms with Crippen molar-refractivity contribution in [3.63, 3.8) is 0 Å². The van der Waals surface area contributed by atoms with Gasteiger partial charge in [-0.25, -0.2) is 4.98 Å². The molecule has 2 nitrogen and oxygen atoms in total. The second-order valence-corrected chi connectivity index (χ2v) is 3.64. The van der Waals surface area contributed by atoms with Gasteiger partial charge >= 0.3 is 0 Å². The number of ketones is 1. The monoisotopic (exact) mass is 267 g/mol. The average molecular weight is 268 g/mol. The third-order valence-corrected chi connectivity index (χ3v) is 2.63. The van der Waals surface area contributed by atoms with Gasteiger partial charge in [0.15, 0.2) is 5.78 Å². The Kier molecular flexibility index (Phi) is 4.27. The maximum atomic E-state index is 11.6. The van der Waals surface area contributed by atoms with Gasteiger partial charge in [-0.3, -0.25) is 4.79 Å². The first-order valence-electron chi connectivity index (χ1n) is 4.94. The summed E-state index contributed by atoms with van der Waals surface area (Å²) in [6, 6.07) is 9.79.